The molecule has 0 N–H and O–H groups in total. The molecule has 31 heavy (non-hydrogen) atoms. The molecule has 2 aromatic carbocycles. The SMILES string of the molecule is COc1ccc(-c2nn(CN(C)Cc3cnn(-c4ccccc4)c3)c(=S)o2)cc1OC. The molecule has 9 heteroatoms. The maximum Gasteiger partial charge on any atom is 0.288 e. The fraction of sp³-hybridized carbons (Fsp3) is 0.227. The van der Waals surface area contributed by atoms with Gasteiger partial charge in [-0.1, -0.05) is 18.2 Å². The Morgan fingerprint density at radius 1 is 1.06 bits per heavy atom. The van der Waals surface area contributed by atoms with E-state index in [1.807, 2.05) is 72.7 Å². The van der Waals surface area contributed by atoms with Crippen LogP contribution in [0.1, 0.15) is 5.56 Å². The number of ether oxygens (including phenoxy) is 2. The summed E-state index contributed by atoms with van der Waals surface area (Å²) in [5.74, 6) is 1.67. The quantitative estimate of drug-likeness (QED) is 0.383. The van der Waals surface area contributed by atoms with E-state index >= 15 is 0 Å². The van der Waals surface area contributed by atoms with Crippen molar-refractivity contribution in [2.45, 2.75) is 13.2 Å². The Kier molecular flexibility index (Phi) is 6.15. The van der Waals surface area contributed by atoms with Crippen molar-refractivity contribution in [1.82, 2.24) is 24.5 Å². The smallest absolute Gasteiger partial charge is 0.288 e. The number of benzene rings is 2. The summed E-state index contributed by atoms with van der Waals surface area (Å²) in [6.45, 7) is 1.17. The maximum atomic E-state index is 5.71. The van der Waals surface area contributed by atoms with Crippen molar-refractivity contribution in [3.8, 4) is 28.6 Å². The van der Waals surface area contributed by atoms with Crippen molar-refractivity contribution < 1.29 is 13.9 Å². The Balaban J connectivity index is 1.46. The number of hydrogen-bond donors (Lipinski definition) is 0. The number of hydrogen-bond acceptors (Lipinski definition) is 7. The van der Waals surface area contributed by atoms with E-state index in [1.54, 1.807) is 18.9 Å². The van der Waals surface area contributed by atoms with Crippen LogP contribution in [0, 0.1) is 4.84 Å². The second-order valence-corrected chi connectivity index (χ2v) is 7.38. The van der Waals surface area contributed by atoms with Crippen LogP contribution in [0.3, 0.4) is 0 Å². The average molecular weight is 438 g/mol. The minimum atomic E-state index is 0.302. The Hall–Kier alpha value is -3.43. The molecule has 0 atom stereocenters. The van der Waals surface area contributed by atoms with Crippen LogP contribution in [0.4, 0.5) is 0 Å². The zero-order valence-electron chi connectivity index (χ0n) is 17.6. The summed E-state index contributed by atoms with van der Waals surface area (Å²) >= 11 is 5.37. The van der Waals surface area contributed by atoms with Crippen LogP contribution >= 0.6 is 12.2 Å². The van der Waals surface area contributed by atoms with E-state index in [4.69, 9.17) is 26.1 Å². The normalized spacial score (nSPS) is 11.1. The average Bonchev–Trinajstić information content (AvgIpc) is 3.40. The number of nitrogens with zero attached hydrogens (tertiary/aromatic N) is 5. The minimum Gasteiger partial charge on any atom is -0.493 e. The van der Waals surface area contributed by atoms with Gasteiger partial charge in [-0.15, -0.1) is 5.10 Å². The van der Waals surface area contributed by atoms with E-state index in [0.717, 1.165) is 16.8 Å². The van der Waals surface area contributed by atoms with Gasteiger partial charge < -0.3 is 13.9 Å². The summed E-state index contributed by atoms with van der Waals surface area (Å²) < 4.78 is 19.9. The van der Waals surface area contributed by atoms with Crippen molar-refractivity contribution >= 4 is 12.2 Å². The molecule has 2 aromatic heterocycles. The number of methoxy groups -OCH3 is 2. The van der Waals surface area contributed by atoms with Crippen molar-refractivity contribution in [3.05, 3.63) is 71.3 Å². The van der Waals surface area contributed by atoms with Crippen LogP contribution in [0.15, 0.2) is 65.3 Å². The second-order valence-electron chi connectivity index (χ2n) is 7.03. The molecule has 4 aromatic rings. The fourth-order valence-corrected chi connectivity index (χ4v) is 3.41. The van der Waals surface area contributed by atoms with Crippen LogP contribution in [0.25, 0.3) is 17.1 Å². The number of rotatable bonds is 8. The highest BCUT2D eigenvalue weighted by molar-refractivity contribution is 7.71. The predicted molar refractivity (Wildman–Crippen MR) is 119 cm³/mol. The molecule has 4 rings (SSSR count). The van der Waals surface area contributed by atoms with Crippen molar-refractivity contribution in [1.29, 1.82) is 0 Å². The molecule has 0 aliphatic carbocycles. The molecule has 2 heterocycles. The lowest BCUT2D eigenvalue weighted by Gasteiger charge is -2.14. The van der Waals surface area contributed by atoms with Crippen molar-refractivity contribution in [3.63, 3.8) is 0 Å². The van der Waals surface area contributed by atoms with Crippen LogP contribution in [-0.4, -0.2) is 45.7 Å². The summed E-state index contributed by atoms with van der Waals surface area (Å²) in [5, 5.41) is 8.98. The molecule has 0 fully saturated rings. The topological polar surface area (TPSA) is 70.5 Å². The number of aromatic nitrogens is 4. The first-order valence-corrected chi connectivity index (χ1v) is 10.1. The molecular formula is C22H23N5O3S. The largest absolute Gasteiger partial charge is 0.493 e. The maximum absolute atomic E-state index is 5.71. The first kappa shape index (κ1) is 20.8. The lowest BCUT2D eigenvalue weighted by atomic mass is 10.2. The summed E-state index contributed by atoms with van der Waals surface area (Å²) in [4.78, 5) is 2.39. The van der Waals surface area contributed by atoms with Crippen LogP contribution in [0.5, 0.6) is 11.5 Å². The van der Waals surface area contributed by atoms with Crippen LogP contribution in [-0.2, 0) is 13.2 Å². The van der Waals surface area contributed by atoms with E-state index in [0.29, 0.717) is 35.4 Å². The van der Waals surface area contributed by atoms with Crippen molar-refractivity contribution in [2.24, 2.45) is 0 Å². The highest BCUT2D eigenvalue weighted by Gasteiger charge is 2.13. The van der Waals surface area contributed by atoms with Gasteiger partial charge in [0.1, 0.15) is 0 Å². The zero-order chi connectivity index (χ0) is 21.8. The molecule has 0 saturated carbocycles. The Morgan fingerprint density at radius 3 is 2.58 bits per heavy atom. The second kappa shape index (κ2) is 9.15. The minimum absolute atomic E-state index is 0.302. The molecule has 0 bridgehead atoms. The molecule has 8 nitrogen and oxygen atoms in total. The van der Waals surface area contributed by atoms with Gasteiger partial charge in [0.2, 0.25) is 5.89 Å². The van der Waals surface area contributed by atoms with E-state index < -0.39 is 0 Å². The molecular weight excluding hydrogens is 414 g/mol. The number of para-hydroxylation sites is 1. The van der Waals surface area contributed by atoms with Crippen LogP contribution in [0.2, 0.25) is 0 Å². The van der Waals surface area contributed by atoms with Gasteiger partial charge in [-0.2, -0.15) is 5.10 Å². The molecule has 0 unspecified atom stereocenters. The van der Waals surface area contributed by atoms with Gasteiger partial charge in [0, 0.05) is 23.9 Å². The molecule has 0 amide bonds. The highest BCUT2D eigenvalue weighted by Crippen LogP contribution is 2.31. The monoisotopic (exact) mass is 437 g/mol. The first-order valence-electron chi connectivity index (χ1n) is 9.65. The Morgan fingerprint density at radius 2 is 1.84 bits per heavy atom. The van der Waals surface area contributed by atoms with Gasteiger partial charge in [-0.3, -0.25) is 4.90 Å². The van der Waals surface area contributed by atoms with Gasteiger partial charge in [0.05, 0.1) is 32.8 Å². The molecule has 0 saturated heterocycles. The third-order valence-corrected chi connectivity index (χ3v) is 5.02. The van der Waals surface area contributed by atoms with Crippen molar-refractivity contribution in [2.75, 3.05) is 21.3 Å². The lowest BCUT2D eigenvalue weighted by molar-refractivity contribution is 0.240. The lowest BCUT2D eigenvalue weighted by Crippen LogP contribution is -2.22. The van der Waals surface area contributed by atoms with E-state index in [2.05, 4.69) is 15.1 Å². The summed E-state index contributed by atoms with van der Waals surface area (Å²) in [6.07, 6.45) is 3.88. The van der Waals surface area contributed by atoms with E-state index in [-0.39, 0.29) is 0 Å². The molecule has 0 spiro atoms. The molecule has 0 aliphatic heterocycles. The molecule has 160 valence electrons. The fourth-order valence-electron chi connectivity index (χ4n) is 3.24. The van der Waals surface area contributed by atoms with E-state index in [1.165, 1.54) is 0 Å². The van der Waals surface area contributed by atoms with Gasteiger partial charge in [-0.05, 0) is 49.6 Å². The Bertz CT molecular complexity index is 1220. The highest BCUT2D eigenvalue weighted by atomic mass is 32.1. The zero-order valence-corrected chi connectivity index (χ0v) is 18.4. The van der Waals surface area contributed by atoms with Gasteiger partial charge in [0.25, 0.3) is 4.84 Å². The van der Waals surface area contributed by atoms with Gasteiger partial charge in [-0.25, -0.2) is 9.36 Å². The van der Waals surface area contributed by atoms with Crippen LogP contribution < -0.4 is 9.47 Å². The van der Waals surface area contributed by atoms with Gasteiger partial charge >= 0.3 is 0 Å². The first-order chi connectivity index (χ1) is 15.1. The summed E-state index contributed by atoms with van der Waals surface area (Å²) in [7, 11) is 5.18. The van der Waals surface area contributed by atoms with E-state index in [9.17, 15) is 0 Å². The summed E-state index contributed by atoms with van der Waals surface area (Å²) in [6, 6.07) is 15.5. The molecule has 0 aliphatic rings. The third-order valence-electron chi connectivity index (χ3n) is 4.72. The predicted octanol–water partition coefficient (Wildman–Crippen LogP) is 4.16. The standard InChI is InChI=1S/C22H23N5O3S/c1-25(13-16-12-23-26(14-16)18-7-5-4-6-8-18)15-27-22(31)30-21(24-27)17-9-10-19(28-2)20(11-17)29-3/h4-12,14H,13,15H2,1-3H3. The van der Waals surface area contributed by atoms with Gasteiger partial charge in [0.15, 0.2) is 11.5 Å². The summed E-state index contributed by atoms with van der Waals surface area (Å²) in [5.41, 5.74) is 2.87. The molecule has 0 radical (unpaired) electrons. The Labute approximate surface area is 185 Å². The third kappa shape index (κ3) is 4.68.